The number of benzene rings is 2. The fraction of sp³-hybridized carbons (Fsp3) is 0.200. The van der Waals surface area contributed by atoms with Crippen molar-refractivity contribution in [2.75, 3.05) is 0 Å². The molecular formula is C15H15Cl2NO. The molecule has 0 saturated carbocycles. The molecule has 0 saturated heterocycles. The highest BCUT2D eigenvalue weighted by atomic mass is 35.5. The van der Waals surface area contributed by atoms with Crippen molar-refractivity contribution >= 4 is 23.2 Å². The Morgan fingerprint density at radius 3 is 2.42 bits per heavy atom. The monoisotopic (exact) mass is 295 g/mol. The third-order valence-electron chi connectivity index (χ3n) is 2.75. The van der Waals surface area contributed by atoms with Crippen molar-refractivity contribution < 1.29 is 4.74 Å². The summed E-state index contributed by atoms with van der Waals surface area (Å²) in [5.41, 5.74) is 6.88. The van der Waals surface area contributed by atoms with E-state index in [9.17, 15) is 0 Å². The number of hydrogen-bond donors (Lipinski definition) is 1. The Kier molecular flexibility index (Phi) is 4.70. The van der Waals surface area contributed by atoms with E-state index in [2.05, 4.69) is 0 Å². The summed E-state index contributed by atoms with van der Waals surface area (Å²) in [5, 5.41) is 1.27. The molecule has 0 bridgehead atoms. The Morgan fingerprint density at radius 1 is 1.05 bits per heavy atom. The van der Waals surface area contributed by atoms with Crippen molar-refractivity contribution in [2.24, 2.45) is 5.73 Å². The van der Waals surface area contributed by atoms with E-state index in [1.54, 1.807) is 12.1 Å². The van der Waals surface area contributed by atoms with Crippen LogP contribution in [0.1, 0.15) is 18.6 Å². The summed E-state index contributed by atoms with van der Waals surface area (Å²) in [6.45, 7) is 1.89. The van der Waals surface area contributed by atoms with Crippen LogP contribution in [-0.2, 0) is 0 Å². The quantitative estimate of drug-likeness (QED) is 0.904. The summed E-state index contributed by atoms with van der Waals surface area (Å²) in [4.78, 5) is 0. The zero-order chi connectivity index (χ0) is 13.8. The van der Waals surface area contributed by atoms with E-state index in [0.29, 0.717) is 15.8 Å². The van der Waals surface area contributed by atoms with Crippen LogP contribution in [-0.4, -0.2) is 6.04 Å². The predicted molar refractivity (Wildman–Crippen MR) is 79.9 cm³/mol. The van der Waals surface area contributed by atoms with E-state index in [1.165, 1.54) is 0 Å². The van der Waals surface area contributed by atoms with Crippen molar-refractivity contribution in [3.8, 4) is 5.75 Å². The Labute approximate surface area is 123 Å². The van der Waals surface area contributed by atoms with Crippen molar-refractivity contribution in [3.63, 3.8) is 0 Å². The minimum Gasteiger partial charge on any atom is -0.484 e. The summed E-state index contributed by atoms with van der Waals surface area (Å²) in [6, 6.07) is 14.6. The Bertz CT molecular complexity index is 557. The van der Waals surface area contributed by atoms with Gasteiger partial charge < -0.3 is 10.5 Å². The van der Waals surface area contributed by atoms with Gasteiger partial charge >= 0.3 is 0 Å². The van der Waals surface area contributed by atoms with E-state index in [4.69, 9.17) is 33.7 Å². The highest BCUT2D eigenvalue weighted by Crippen LogP contribution is 2.30. The molecule has 0 fully saturated rings. The fourth-order valence-corrected chi connectivity index (χ4v) is 2.27. The second kappa shape index (κ2) is 6.29. The Morgan fingerprint density at radius 2 is 1.79 bits per heavy atom. The predicted octanol–water partition coefficient (Wildman–Crippen LogP) is 4.46. The zero-order valence-electron chi connectivity index (χ0n) is 10.5. The Balaban J connectivity index is 2.29. The molecule has 0 aliphatic heterocycles. The van der Waals surface area contributed by atoms with Gasteiger partial charge in [-0.15, -0.1) is 0 Å². The number of ether oxygens (including phenoxy) is 1. The molecule has 0 radical (unpaired) electrons. The van der Waals surface area contributed by atoms with E-state index in [0.717, 1.165) is 5.56 Å². The maximum atomic E-state index is 6.20. The maximum absolute atomic E-state index is 6.20. The molecular weight excluding hydrogens is 281 g/mol. The molecule has 2 N–H and O–H groups in total. The van der Waals surface area contributed by atoms with Crippen LogP contribution in [0.15, 0.2) is 48.5 Å². The smallest absolute Gasteiger partial charge is 0.140 e. The van der Waals surface area contributed by atoms with Gasteiger partial charge in [-0.05, 0) is 31.2 Å². The molecule has 0 aliphatic carbocycles. The summed E-state index contributed by atoms with van der Waals surface area (Å²) in [5.74, 6) is 0.676. The lowest BCUT2D eigenvalue weighted by atomic mass is 10.0. The molecule has 0 aromatic heterocycles. The van der Waals surface area contributed by atoms with E-state index in [1.807, 2.05) is 43.3 Å². The summed E-state index contributed by atoms with van der Waals surface area (Å²) < 4.78 is 5.93. The van der Waals surface area contributed by atoms with Crippen molar-refractivity contribution in [3.05, 3.63) is 64.1 Å². The molecule has 2 atom stereocenters. The molecule has 0 aliphatic rings. The minimum absolute atomic E-state index is 0.195. The van der Waals surface area contributed by atoms with Crippen LogP contribution in [0, 0.1) is 0 Å². The molecule has 2 nitrogen and oxygen atoms in total. The Hall–Kier alpha value is -1.22. The summed E-state index contributed by atoms with van der Waals surface area (Å²) in [6.07, 6.45) is -0.313. The van der Waals surface area contributed by atoms with E-state index >= 15 is 0 Å². The molecule has 2 aromatic carbocycles. The van der Waals surface area contributed by atoms with Crippen LogP contribution in [0.2, 0.25) is 10.0 Å². The first-order valence-corrected chi connectivity index (χ1v) is 6.76. The van der Waals surface area contributed by atoms with Gasteiger partial charge in [-0.25, -0.2) is 0 Å². The summed E-state index contributed by atoms with van der Waals surface area (Å²) >= 11 is 12.1. The lowest BCUT2D eigenvalue weighted by Crippen LogP contribution is -2.29. The lowest BCUT2D eigenvalue weighted by molar-refractivity contribution is 0.180. The molecule has 0 spiro atoms. The molecule has 2 unspecified atom stereocenters. The van der Waals surface area contributed by atoms with Crippen LogP contribution in [0.25, 0.3) is 0 Å². The number of nitrogens with two attached hydrogens (primary N) is 1. The number of halogens is 2. The van der Waals surface area contributed by atoms with Crippen LogP contribution >= 0.6 is 23.2 Å². The first kappa shape index (κ1) is 14.2. The third kappa shape index (κ3) is 3.63. The first-order chi connectivity index (χ1) is 9.08. The molecule has 0 amide bonds. The summed E-state index contributed by atoms with van der Waals surface area (Å²) in [7, 11) is 0. The highest BCUT2D eigenvalue weighted by Gasteiger charge is 2.20. The van der Waals surface area contributed by atoms with Crippen molar-refractivity contribution in [1.29, 1.82) is 0 Å². The second-order valence-electron chi connectivity index (χ2n) is 4.38. The standard InChI is InChI=1S/C15H15Cl2NO/c1-10(18)15(13-7-2-3-8-14(13)17)19-12-6-4-5-11(16)9-12/h2-10,15H,18H2,1H3. The SMILES string of the molecule is CC(N)C(Oc1cccc(Cl)c1)c1ccccc1Cl. The molecule has 2 aromatic rings. The average molecular weight is 296 g/mol. The largest absolute Gasteiger partial charge is 0.484 e. The molecule has 0 heterocycles. The maximum Gasteiger partial charge on any atom is 0.140 e. The number of hydrogen-bond acceptors (Lipinski definition) is 2. The van der Waals surface area contributed by atoms with Crippen molar-refractivity contribution in [2.45, 2.75) is 19.1 Å². The average Bonchev–Trinajstić information content (AvgIpc) is 2.37. The molecule has 100 valence electrons. The van der Waals surface area contributed by atoms with Crippen LogP contribution < -0.4 is 10.5 Å². The van der Waals surface area contributed by atoms with Gasteiger partial charge in [0.2, 0.25) is 0 Å². The van der Waals surface area contributed by atoms with Gasteiger partial charge in [0.1, 0.15) is 11.9 Å². The first-order valence-electron chi connectivity index (χ1n) is 6.00. The van der Waals surface area contributed by atoms with Gasteiger partial charge in [-0.2, -0.15) is 0 Å². The van der Waals surface area contributed by atoms with Gasteiger partial charge in [0.15, 0.2) is 0 Å². The molecule has 4 heteroatoms. The normalized spacial score (nSPS) is 13.9. The van der Waals surface area contributed by atoms with Gasteiger partial charge in [0, 0.05) is 21.7 Å². The lowest BCUT2D eigenvalue weighted by Gasteiger charge is -2.24. The van der Waals surface area contributed by atoms with Crippen molar-refractivity contribution in [1.82, 2.24) is 0 Å². The van der Waals surface area contributed by atoms with Crippen LogP contribution in [0.3, 0.4) is 0 Å². The minimum atomic E-state index is -0.313. The third-order valence-corrected chi connectivity index (χ3v) is 3.33. The van der Waals surface area contributed by atoms with Crippen LogP contribution in [0.4, 0.5) is 0 Å². The van der Waals surface area contributed by atoms with Gasteiger partial charge in [0.25, 0.3) is 0 Å². The fourth-order valence-electron chi connectivity index (χ4n) is 1.85. The number of rotatable bonds is 4. The topological polar surface area (TPSA) is 35.2 Å². The van der Waals surface area contributed by atoms with E-state index in [-0.39, 0.29) is 12.1 Å². The zero-order valence-corrected chi connectivity index (χ0v) is 12.0. The van der Waals surface area contributed by atoms with Crippen LogP contribution in [0.5, 0.6) is 5.75 Å². The molecule has 2 rings (SSSR count). The molecule has 19 heavy (non-hydrogen) atoms. The van der Waals surface area contributed by atoms with E-state index < -0.39 is 0 Å². The van der Waals surface area contributed by atoms with Gasteiger partial charge in [0.05, 0.1) is 0 Å². The second-order valence-corrected chi connectivity index (χ2v) is 5.22. The van der Waals surface area contributed by atoms with Gasteiger partial charge in [-0.3, -0.25) is 0 Å². The highest BCUT2D eigenvalue weighted by molar-refractivity contribution is 6.31. The van der Waals surface area contributed by atoms with Gasteiger partial charge in [-0.1, -0.05) is 47.5 Å².